The largest absolute Gasteiger partial charge is 0.507 e. The fourth-order valence-electron chi connectivity index (χ4n) is 2.77. The Kier molecular flexibility index (Phi) is 4.95. The van der Waals surface area contributed by atoms with Gasteiger partial charge < -0.3 is 10.2 Å². The molecule has 0 atom stereocenters. The van der Waals surface area contributed by atoms with Crippen LogP contribution in [0.3, 0.4) is 0 Å². The average molecular weight is 362 g/mol. The van der Waals surface area contributed by atoms with Crippen molar-refractivity contribution in [2.45, 2.75) is 43.8 Å². The zero-order chi connectivity index (χ0) is 19.0. The van der Waals surface area contributed by atoms with Gasteiger partial charge in [0, 0.05) is 5.56 Å². The maximum atomic E-state index is 12.9. The number of carboxylic acids is 1. The van der Waals surface area contributed by atoms with Crippen molar-refractivity contribution >= 4 is 15.8 Å². The van der Waals surface area contributed by atoms with Crippen LogP contribution < -0.4 is 0 Å². The first kappa shape index (κ1) is 19.0. The van der Waals surface area contributed by atoms with Crippen molar-refractivity contribution in [1.29, 1.82) is 0 Å². The van der Waals surface area contributed by atoms with E-state index in [2.05, 4.69) is 0 Å². The highest BCUT2D eigenvalue weighted by atomic mass is 32.2. The lowest BCUT2D eigenvalue weighted by molar-refractivity contribution is 0.0692. The molecule has 0 aliphatic heterocycles. The van der Waals surface area contributed by atoms with E-state index < -0.39 is 21.2 Å². The van der Waals surface area contributed by atoms with Crippen molar-refractivity contribution in [2.75, 3.05) is 0 Å². The van der Waals surface area contributed by atoms with Gasteiger partial charge in [0.1, 0.15) is 11.3 Å². The summed E-state index contributed by atoms with van der Waals surface area (Å²) in [5.74, 6) is -1.96. The molecule has 0 saturated heterocycles. The topological polar surface area (TPSA) is 91.7 Å². The van der Waals surface area contributed by atoms with Crippen molar-refractivity contribution in [3.63, 3.8) is 0 Å². The van der Waals surface area contributed by atoms with Crippen molar-refractivity contribution in [3.05, 3.63) is 58.7 Å². The molecule has 0 spiro atoms. The molecule has 2 rings (SSSR count). The molecule has 0 unspecified atom stereocenters. The second-order valence-corrected chi connectivity index (χ2v) is 9.03. The quantitative estimate of drug-likeness (QED) is 0.866. The maximum Gasteiger partial charge on any atom is 0.339 e. The second-order valence-electron chi connectivity index (χ2n) is 7.07. The van der Waals surface area contributed by atoms with Crippen LogP contribution in [-0.4, -0.2) is 24.6 Å². The molecule has 0 heterocycles. The minimum atomic E-state index is -3.77. The van der Waals surface area contributed by atoms with Crippen molar-refractivity contribution in [2.24, 2.45) is 0 Å². The van der Waals surface area contributed by atoms with E-state index in [-0.39, 0.29) is 27.5 Å². The van der Waals surface area contributed by atoms with Crippen LogP contribution in [0.25, 0.3) is 0 Å². The summed E-state index contributed by atoms with van der Waals surface area (Å²) in [4.78, 5) is 11.5. The molecule has 2 N–H and O–H groups in total. The number of rotatable bonds is 4. The van der Waals surface area contributed by atoms with Gasteiger partial charge in [-0.25, -0.2) is 13.2 Å². The number of carbonyl (C=O) groups is 1. The first-order valence-electron chi connectivity index (χ1n) is 7.82. The lowest BCUT2D eigenvalue weighted by Gasteiger charge is -2.24. The Bertz CT molecular complexity index is 907. The molecule has 0 amide bonds. The van der Waals surface area contributed by atoms with Crippen LogP contribution in [0.1, 0.15) is 47.8 Å². The zero-order valence-electron chi connectivity index (χ0n) is 14.7. The molecule has 5 nitrogen and oxygen atoms in total. The van der Waals surface area contributed by atoms with E-state index in [0.717, 1.165) is 0 Å². The Hall–Kier alpha value is -2.34. The number of hydrogen-bond acceptors (Lipinski definition) is 4. The molecule has 0 aliphatic rings. The Morgan fingerprint density at radius 3 is 2.16 bits per heavy atom. The third-order valence-electron chi connectivity index (χ3n) is 4.07. The summed E-state index contributed by atoms with van der Waals surface area (Å²) in [7, 11) is -3.77. The second kappa shape index (κ2) is 6.52. The van der Waals surface area contributed by atoms with E-state index in [4.69, 9.17) is 0 Å². The first-order chi connectivity index (χ1) is 11.4. The van der Waals surface area contributed by atoms with Crippen LogP contribution in [0.15, 0.2) is 41.3 Å². The highest BCUT2D eigenvalue weighted by Crippen LogP contribution is 2.38. The van der Waals surface area contributed by atoms with Crippen LogP contribution in [0.5, 0.6) is 5.75 Å². The molecule has 0 fully saturated rings. The lowest BCUT2D eigenvalue weighted by Crippen LogP contribution is -2.18. The number of carboxylic acid groups (broad SMARTS) is 1. The molecule has 2 aromatic carbocycles. The Labute approximate surface area is 147 Å². The van der Waals surface area contributed by atoms with Crippen LogP contribution in [0.4, 0.5) is 0 Å². The predicted octanol–water partition coefficient (Wildman–Crippen LogP) is 3.67. The van der Waals surface area contributed by atoms with E-state index in [1.165, 1.54) is 13.0 Å². The Morgan fingerprint density at radius 2 is 1.68 bits per heavy atom. The summed E-state index contributed by atoms with van der Waals surface area (Å²) in [6.07, 6.45) is 0. The normalized spacial score (nSPS) is 12.2. The summed E-state index contributed by atoms with van der Waals surface area (Å²) >= 11 is 0. The van der Waals surface area contributed by atoms with E-state index in [1.54, 1.807) is 51.1 Å². The zero-order valence-corrected chi connectivity index (χ0v) is 15.5. The number of hydrogen-bond donors (Lipinski definition) is 2. The van der Waals surface area contributed by atoms with Gasteiger partial charge in [-0.15, -0.1) is 0 Å². The molecular formula is C19H22O5S. The van der Waals surface area contributed by atoms with Gasteiger partial charge in [0.25, 0.3) is 0 Å². The van der Waals surface area contributed by atoms with Gasteiger partial charge in [-0.2, -0.15) is 0 Å². The molecule has 0 aromatic heterocycles. The summed E-state index contributed by atoms with van der Waals surface area (Å²) in [5.41, 5.74) is -0.0155. The minimum absolute atomic E-state index is 0.0499. The van der Waals surface area contributed by atoms with Gasteiger partial charge in [0.05, 0.1) is 10.6 Å². The van der Waals surface area contributed by atoms with E-state index in [9.17, 15) is 23.4 Å². The molecule has 0 aliphatic carbocycles. The Morgan fingerprint density at radius 1 is 1.12 bits per heavy atom. The number of benzene rings is 2. The highest BCUT2D eigenvalue weighted by Gasteiger charge is 2.30. The summed E-state index contributed by atoms with van der Waals surface area (Å²) in [6.45, 7) is 6.78. The fourth-order valence-corrected chi connectivity index (χ4v) is 4.42. The van der Waals surface area contributed by atoms with Crippen LogP contribution in [0, 0.1) is 6.92 Å². The van der Waals surface area contributed by atoms with E-state index in [1.807, 2.05) is 0 Å². The first-order valence-corrected chi connectivity index (χ1v) is 9.47. The molecule has 0 radical (unpaired) electrons. The summed E-state index contributed by atoms with van der Waals surface area (Å²) < 4.78 is 25.8. The van der Waals surface area contributed by atoms with E-state index in [0.29, 0.717) is 11.1 Å². The molecular weight excluding hydrogens is 340 g/mol. The van der Waals surface area contributed by atoms with Crippen molar-refractivity contribution in [3.8, 4) is 5.75 Å². The number of sulfone groups is 1. The molecule has 0 saturated carbocycles. The lowest BCUT2D eigenvalue weighted by atomic mass is 9.84. The van der Waals surface area contributed by atoms with Gasteiger partial charge in [-0.05, 0) is 29.5 Å². The number of aromatic carboxylic acids is 1. The van der Waals surface area contributed by atoms with Crippen LogP contribution in [0.2, 0.25) is 0 Å². The van der Waals surface area contributed by atoms with Gasteiger partial charge >= 0.3 is 5.97 Å². The molecule has 134 valence electrons. The fraction of sp³-hybridized carbons (Fsp3) is 0.316. The van der Waals surface area contributed by atoms with Gasteiger partial charge in [0.15, 0.2) is 9.84 Å². The molecule has 0 bridgehead atoms. The molecule has 2 aromatic rings. The molecule has 25 heavy (non-hydrogen) atoms. The average Bonchev–Trinajstić information content (AvgIpc) is 2.45. The number of aromatic hydroxyl groups is 1. The van der Waals surface area contributed by atoms with Crippen molar-refractivity contribution in [1.82, 2.24) is 0 Å². The minimum Gasteiger partial charge on any atom is -0.507 e. The van der Waals surface area contributed by atoms with E-state index >= 15 is 0 Å². The monoisotopic (exact) mass is 362 g/mol. The number of phenols is 1. The summed E-state index contributed by atoms with van der Waals surface area (Å²) in [5, 5.41) is 19.8. The third-order valence-corrected chi connectivity index (χ3v) is 5.88. The standard InChI is InChI=1S/C19H22O5S/c1-12-15(25(23,24)11-13-8-6-5-7-9-13)10-14(19(2,3)4)17(20)16(12)18(21)22/h5-10,20H,11H2,1-4H3,(H,21,22). The van der Waals surface area contributed by atoms with Crippen LogP contribution >= 0.6 is 0 Å². The predicted molar refractivity (Wildman–Crippen MR) is 95.8 cm³/mol. The van der Waals surface area contributed by atoms with Crippen LogP contribution in [-0.2, 0) is 21.0 Å². The summed E-state index contributed by atoms with van der Waals surface area (Å²) in [6, 6.07) is 10.1. The van der Waals surface area contributed by atoms with Gasteiger partial charge in [-0.1, -0.05) is 51.1 Å². The highest BCUT2D eigenvalue weighted by molar-refractivity contribution is 7.90. The maximum absolute atomic E-state index is 12.9. The molecule has 6 heteroatoms. The van der Waals surface area contributed by atoms with Gasteiger partial charge in [0.2, 0.25) is 0 Å². The van der Waals surface area contributed by atoms with Crippen molar-refractivity contribution < 1.29 is 23.4 Å². The Balaban J connectivity index is 2.72. The SMILES string of the molecule is Cc1c(S(=O)(=O)Cc2ccccc2)cc(C(C)(C)C)c(O)c1C(=O)O. The van der Waals surface area contributed by atoms with Gasteiger partial charge in [-0.3, -0.25) is 0 Å². The third kappa shape index (κ3) is 3.85. The smallest absolute Gasteiger partial charge is 0.339 e.